The fourth-order valence-electron chi connectivity index (χ4n) is 3.96. The van der Waals surface area contributed by atoms with Crippen LogP contribution in [-0.2, 0) is 21.4 Å². The number of ether oxygens (including phenoxy) is 1. The number of anilines is 1. The first-order valence-electron chi connectivity index (χ1n) is 10.4. The number of sulfonamides is 1. The van der Waals surface area contributed by atoms with Crippen LogP contribution in [0.5, 0.6) is 5.75 Å². The van der Waals surface area contributed by atoms with Crippen LogP contribution in [0.15, 0.2) is 51.8 Å². The minimum absolute atomic E-state index is 0.117. The summed E-state index contributed by atoms with van der Waals surface area (Å²) in [6.45, 7) is 1.93. The molecular weight excluding hydrogens is 482 g/mol. The summed E-state index contributed by atoms with van der Waals surface area (Å²) in [7, 11) is -2.00. The van der Waals surface area contributed by atoms with Crippen LogP contribution in [0.2, 0.25) is 0 Å². The van der Waals surface area contributed by atoms with Crippen molar-refractivity contribution in [1.82, 2.24) is 9.62 Å². The van der Waals surface area contributed by atoms with Crippen LogP contribution in [0.3, 0.4) is 0 Å². The van der Waals surface area contributed by atoms with E-state index < -0.39 is 16.1 Å². The van der Waals surface area contributed by atoms with Crippen LogP contribution < -0.4 is 15.0 Å². The molecule has 0 unspecified atom stereocenters. The van der Waals surface area contributed by atoms with Crippen molar-refractivity contribution in [3.05, 3.63) is 52.5 Å². The molecule has 2 heterocycles. The summed E-state index contributed by atoms with van der Waals surface area (Å²) in [4.78, 5) is 15.0. The zero-order valence-corrected chi connectivity index (χ0v) is 19.8. The van der Waals surface area contributed by atoms with Gasteiger partial charge in [-0.1, -0.05) is 28.1 Å². The van der Waals surface area contributed by atoms with Crippen molar-refractivity contribution in [2.75, 3.05) is 31.6 Å². The number of likely N-dealkylation sites (N-methyl/N-ethyl adjacent to an activating group) is 1. The SMILES string of the molecule is CN1CCOc2cc(S(=O)(=O)N(Cc3ccc(Br)cc3)[C@@H]3CCCCNC3=O)ccc21. The van der Waals surface area contributed by atoms with E-state index in [2.05, 4.69) is 21.2 Å². The highest BCUT2D eigenvalue weighted by Crippen LogP contribution is 2.35. The lowest BCUT2D eigenvalue weighted by Gasteiger charge is -2.31. The van der Waals surface area contributed by atoms with Crippen molar-refractivity contribution in [1.29, 1.82) is 0 Å². The van der Waals surface area contributed by atoms with E-state index in [1.807, 2.05) is 36.2 Å². The molecule has 2 aliphatic heterocycles. The third kappa shape index (κ3) is 4.73. The minimum Gasteiger partial charge on any atom is -0.490 e. The number of hydrogen-bond acceptors (Lipinski definition) is 5. The minimum atomic E-state index is -3.95. The number of rotatable bonds is 5. The van der Waals surface area contributed by atoms with Gasteiger partial charge < -0.3 is 15.0 Å². The van der Waals surface area contributed by atoms with Crippen molar-refractivity contribution in [2.24, 2.45) is 0 Å². The predicted octanol–water partition coefficient (Wildman–Crippen LogP) is 3.14. The maximum atomic E-state index is 13.8. The molecule has 2 aromatic rings. The molecule has 31 heavy (non-hydrogen) atoms. The summed E-state index contributed by atoms with van der Waals surface area (Å²) in [5, 5.41) is 2.87. The highest BCUT2D eigenvalue weighted by Gasteiger charge is 2.37. The summed E-state index contributed by atoms with van der Waals surface area (Å²) in [5.74, 6) is 0.302. The van der Waals surface area contributed by atoms with Gasteiger partial charge in [-0.2, -0.15) is 4.31 Å². The quantitative estimate of drug-likeness (QED) is 0.672. The maximum absolute atomic E-state index is 13.8. The Morgan fingerprint density at radius 1 is 1.19 bits per heavy atom. The smallest absolute Gasteiger partial charge is 0.244 e. The Kier molecular flexibility index (Phi) is 6.55. The van der Waals surface area contributed by atoms with Crippen LogP contribution in [0, 0.1) is 0 Å². The molecule has 9 heteroatoms. The monoisotopic (exact) mass is 507 g/mol. The van der Waals surface area contributed by atoms with Crippen LogP contribution >= 0.6 is 15.9 Å². The molecule has 1 atom stereocenters. The molecule has 1 N–H and O–H groups in total. The van der Waals surface area contributed by atoms with Gasteiger partial charge in [0, 0.05) is 30.7 Å². The van der Waals surface area contributed by atoms with Gasteiger partial charge in [-0.15, -0.1) is 0 Å². The first kappa shape index (κ1) is 22.1. The average Bonchev–Trinajstić information content (AvgIpc) is 2.97. The first-order valence-corrected chi connectivity index (χ1v) is 12.6. The summed E-state index contributed by atoms with van der Waals surface area (Å²) in [5.41, 5.74) is 1.68. The highest BCUT2D eigenvalue weighted by atomic mass is 79.9. The van der Waals surface area contributed by atoms with Gasteiger partial charge in [-0.05, 0) is 49.1 Å². The predicted molar refractivity (Wildman–Crippen MR) is 123 cm³/mol. The van der Waals surface area contributed by atoms with Crippen LogP contribution in [0.4, 0.5) is 5.69 Å². The second kappa shape index (κ2) is 9.18. The molecule has 0 radical (unpaired) electrons. The summed E-state index contributed by atoms with van der Waals surface area (Å²) in [6, 6.07) is 11.7. The molecular formula is C22H26BrN3O4S. The van der Waals surface area contributed by atoms with Gasteiger partial charge >= 0.3 is 0 Å². The number of amides is 1. The lowest BCUT2D eigenvalue weighted by Crippen LogP contribution is -2.48. The van der Waals surface area contributed by atoms with Gasteiger partial charge in [0.15, 0.2) is 0 Å². The first-order chi connectivity index (χ1) is 14.9. The van der Waals surface area contributed by atoms with Crippen LogP contribution in [-0.4, -0.2) is 51.4 Å². The standard InChI is InChI=1S/C22H26BrN3O4S/c1-25-12-13-30-21-14-18(9-10-19(21)25)31(28,29)26(15-16-5-7-17(23)8-6-16)20-4-2-3-11-24-22(20)27/h5-10,14,20H,2-4,11-13,15H2,1H3,(H,24,27)/t20-/m1/s1. The average molecular weight is 508 g/mol. The number of nitrogens with zero attached hydrogens (tertiary/aromatic N) is 2. The molecule has 0 spiro atoms. The fraction of sp³-hybridized carbons (Fsp3) is 0.409. The number of hydrogen-bond donors (Lipinski definition) is 1. The van der Waals surface area contributed by atoms with Crippen molar-refractivity contribution in [2.45, 2.75) is 36.7 Å². The van der Waals surface area contributed by atoms with Crippen molar-refractivity contribution < 1.29 is 17.9 Å². The number of benzene rings is 2. The van der Waals surface area contributed by atoms with Crippen LogP contribution in [0.25, 0.3) is 0 Å². The molecule has 2 aromatic carbocycles. The maximum Gasteiger partial charge on any atom is 0.244 e. The number of nitrogens with one attached hydrogen (secondary N) is 1. The molecule has 166 valence electrons. The molecule has 4 rings (SSSR count). The molecule has 1 amide bonds. The second-order valence-electron chi connectivity index (χ2n) is 7.88. The van der Waals surface area contributed by atoms with Crippen molar-refractivity contribution in [3.63, 3.8) is 0 Å². The largest absolute Gasteiger partial charge is 0.490 e. The number of fused-ring (bicyclic) bond motifs is 1. The van der Waals surface area contributed by atoms with E-state index in [-0.39, 0.29) is 17.3 Å². The fourth-order valence-corrected chi connectivity index (χ4v) is 5.85. The molecule has 0 bridgehead atoms. The Balaban J connectivity index is 1.74. The topological polar surface area (TPSA) is 79.0 Å². The van der Waals surface area contributed by atoms with Crippen molar-refractivity contribution in [3.8, 4) is 5.75 Å². The van der Waals surface area contributed by atoms with Gasteiger partial charge in [-0.3, -0.25) is 4.79 Å². The van der Waals surface area contributed by atoms with Gasteiger partial charge in [0.25, 0.3) is 0 Å². The second-order valence-corrected chi connectivity index (χ2v) is 10.7. The Morgan fingerprint density at radius 3 is 2.74 bits per heavy atom. The molecule has 0 aromatic heterocycles. The van der Waals surface area contributed by atoms with E-state index in [1.165, 1.54) is 4.31 Å². The molecule has 0 saturated carbocycles. The summed E-state index contributed by atoms with van der Waals surface area (Å²) in [6.07, 6.45) is 2.12. The zero-order chi connectivity index (χ0) is 22.0. The molecule has 1 fully saturated rings. The van der Waals surface area contributed by atoms with E-state index in [0.29, 0.717) is 25.3 Å². The number of carbonyl (C=O) groups excluding carboxylic acids is 1. The Bertz CT molecular complexity index is 1060. The number of halogens is 1. The lowest BCUT2D eigenvalue weighted by atomic mass is 10.1. The van der Waals surface area contributed by atoms with Crippen LogP contribution in [0.1, 0.15) is 24.8 Å². The Hall–Kier alpha value is -2.10. The van der Waals surface area contributed by atoms with E-state index in [9.17, 15) is 13.2 Å². The molecule has 7 nitrogen and oxygen atoms in total. The Labute approximate surface area is 191 Å². The van der Waals surface area contributed by atoms with Gasteiger partial charge in [-0.25, -0.2) is 8.42 Å². The van der Waals surface area contributed by atoms with Gasteiger partial charge in [0.1, 0.15) is 18.4 Å². The van der Waals surface area contributed by atoms with E-state index in [1.54, 1.807) is 18.2 Å². The Morgan fingerprint density at radius 2 is 1.97 bits per heavy atom. The van der Waals surface area contributed by atoms with E-state index >= 15 is 0 Å². The van der Waals surface area contributed by atoms with E-state index in [0.717, 1.165) is 35.1 Å². The molecule has 2 aliphatic rings. The number of carbonyl (C=O) groups is 1. The van der Waals surface area contributed by atoms with Gasteiger partial charge in [0.05, 0.1) is 17.1 Å². The lowest BCUT2D eigenvalue weighted by molar-refractivity contribution is -0.124. The normalized spacial score (nSPS) is 19.4. The zero-order valence-electron chi connectivity index (χ0n) is 17.4. The summed E-state index contributed by atoms with van der Waals surface area (Å²) < 4.78 is 35.6. The highest BCUT2D eigenvalue weighted by molar-refractivity contribution is 9.10. The third-order valence-electron chi connectivity index (χ3n) is 5.74. The molecule has 1 saturated heterocycles. The summed E-state index contributed by atoms with van der Waals surface area (Å²) >= 11 is 3.41. The molecule has 0 aliphatic carbocycles. The van der Waals surface area contributed by atoms with E-state index in [4.69, 9.17) is 4.74 Å². The third-order valence-corrected chi connectivity index (χ3v) is 8.12. The van der Waals surface area contributed by atoms with Gasteiger partial charge in [0.2, 0.25) is 15.9 Å². The van der Waals surface area contributed by atoms with Crippen molar-refractivity contribution >= 4 is 37.5 Å².